The van der Waals surface area contributed by atoms with Crippen molar-refractivity contribution in [2.75, 3.05) is 6.54 Å². The second-order valence-corrected chi connectivity index (χ2v) is 3.83. The molecule has 1 saturated carbocycles. The van der Waals surface area contributed by atoms with E-state index < -0.39 is 11.5 Å². The number of aliphatic carboxylic acids is 1. The molecule has 0 radical (unpaired) electrons. The Morgan fingerprint density at radius 2 is 2.07 bits per heavy atom. The number of nitrogens with two attached hydrogens (primary N) is 3. The van der Waals surface area contributed by atoms with Crippen molar-refractivity contribution in [1.82, 2.24) is 0 Å². The van der Waals surface area contributed by atoms with Crippen LogP contribution in [0.3, 0.4) is 0 Å². The highest BCUT2D eigenvalue weighted by atomic mass is 16.4. The summed E-state index contributed by atoms with van der Waals surface area (Å²) in [4.78, 5) is 14.5. The van der Waals surface area contributed by atoms with E-state index in [2.05, 4.69) is 4.99 Å². The molecule has 0 aromatic rings. The average Bonchev–Trinajstić information content (AvgIpc) is 1.99. The third kappa shape index (κ3) is 2.35. The molecule has 0 spiro atoms. The van der Waals surface area contributed by atoms with Gasteiger partial charge < -0.3 is 22.3 Å². The van der Waals surface area contributed by atoms with Crippen LogP contribution in [0, 0.1) is 5.92 Å². The van der Waals surface area contributed by atoms with Crippen molar-refractivity contribution in [3.63, 3.8) is 0 Å². The fourth-order valence-corrected chi connectivity index (χ4v) is 1.73. The van der Waals surface area contributed by atoms with E-state index >= 15 is 0 Å². The van der Waals surface area contributed by atoms with Crippen molar-refractivity contribution in [1.29, 1.82) is 0 Å². The van der Waals surface area contributed by atoms with Gasteiger partial charge in [0.2, 0.25) is 0 Å². The molecular formula is C8H16N4O2. The number of rotatable bonds is 4. The highest BCUT2D eigenvalue weighted by molar-refractivity contribution is 5.79. The predicted octanol–water partition coefficient (Wildman–Crippen LogP) is -1.16. The van der Waals surface area contributed by atoms with E-state index in [0.717, 1.165) is 6.42 Å². The molecule has 0 unspecified atom stereocenters. The van der Waals surface area contributed by atoms with Crippen molar-refractivity contribution in [2.45, 2.75) is 24.8 Å². The number of guanidine groups is 1. The average molecular weight is 200 g/mol. The van der Waals surface area contributed by atoms with Crippen LogP contribution >= 0.6 is 0 Å². The number of carboxylic acid groups (broad SMARTS) is 1. The van der Waals surface area contributed by atoms with Gasteiger partial charge in [0.25, 0.3) is 0 Å². The van der Waals surface area contributed by atoms with Crippen LogP contribution in [0.15, 0.2) is 4.99 Å². The molecule has 80 valence electrons. The summed E-state index contributed by atoms with van der Waals surface area (Å²) >= 11 is 0. The van der Waals surface area contributed by atoms with Crippen LogP contribution < -0.4 is 17.2 Å². The minimum atomic E-state index is -1.01. The summed E-state index contributed by atoms with van der Waals surface area (Å²) in [7, 11) is 0. The first-order chi connectivity index (χ1) is 6.44. The quantitative estimate of drug-likeness (QED) is 0.336. The van der Waals surface area contributed by atoms with Crippen LogP contribution in [-0.2, 0) is 4.79 Å². The molecule has 0 saturated heterocycles. The third-order valence-electron chi connectivity index (χ3n) is 2.56. The van der Waals surface area contributed by atoms with E-state index in [0.29, 0.717) is 25.3 Å². The molecule has 1 aliphatic carbocycles. The van der Waals surface area contributed by atoms with Gasteiger partial charge in [-0.3, -0.25) is 9.79 Å². The van der Waals surface area contributed by atoms with Crippen molar-refractivity contribution in [3.8, 4) is 0 Å². The zero-order valence-corrected chi connectivity index (χ0v) is 7.94. The second kappa shape index (κ2) is 3.83. The Kier molecular flexibility index (Phi) is 2.95. The van der Waals surface area contributed by atoms with E-state index in [1.807, 2.05) is 0 Å². The molecule has 0 aromatic heterocycles. The minimum absolute atomic E-state index is 0.0709. The summed E-state index contributed by atoms with van der Waals surface area (Å²) in [5.74, 6) is -0.517. The van der Waals surface area contributed by atoms with Crippen molar-refractivity contribution in [2.24, 2.45) is 28.1 Å². The fourth-order valence-electron chi connectivity index (χ4n) is 1.73. The summed E-state index contributed by atoms with van der Waals surface area (Å²) in [5.41, 5.74) is 14.9. The molecule has 6 heteroatoms. The van der Waals surface area contributed by atoms with E-state index in [-0.39, 0.29) is 5.96 Å². The first-order valence-corrected chi connectivity index (χ1v) is 4.52. The lowest BCUT2D eigenvalue weighted by Crippen LogP contribution is -2.57. The maximum atomic E-state index is 10.6. The molecule has 0 atom stereocenters. The van der Waals surface area contributed by atoms with Gasteiger partial charge >= 0.3 is 5.97 Å². The topological polar surface area (TPSA) is 128 Å². The van der Waals surface area contributed by atoms with E-state index in [1.165, 1.54) is 0 Å². The SMILES string of the molecule is NC(N)=NCCC1CC(N)(C(=O)O)C1. The lowest BCUT2D eigenvalue weighted by atomic mass is 9.67. The summed E-state index contributed by atoms with van der Waals surface area (Å²) in [5, 5.41) is 8.73. The molecule has 1 rings (SSSR count). The van der Waals surface area contributed by atoms with Gasteiger partial charge in [-0.05, 0) is 25.2 Å². The highest BCUT2D eigenvalue weighted by Gasteiger charge is 2.46. The predicted molar refractivity (Wildman–Crippen MR) is 52.6 cm³/mol. The first kappa shape index (κ1) is 10.8. The molecule has 0 bridgehead atoms. The smallest absolute Gasteiger partial charge is 0.323 e. The lowest BCUT2D eigenvalue weighted by molar-refractivity contribution is -0.148. The largest absolute Gasteiger partial charge is 0.480 e. The van der Waals surface area contributed by atoms with Crippen molar-refractivity contribution in [3.05, 3.63) is 0 Å². The number of hydrogen-bond acceptors (Lipinski definition) is 3. The summed E-state index contributed by atoms with van der Waals surface area (Å²) in [6.45, 7) is 0.544. The Balaban J connectivity index is 2.22. The van der Waals surface area contributed by atoms with Gasteiger partial charge in [0.15, 0.2) is 5.96 Å². The standard InChI is InChI=1S/C8H16N4O2/c9-7(10)12-2-1-5-3-8(11,4-5)6(13)14/h5H,1-4,11H2,(H,13,14)(H4,9,10,12). The van der Waals surface area contributed by atoms with Gasteiger partial charge in [0, 0.05) is 6.54 Å². The number of nitrogens with zero attached hydrogens (tertiary/aromatic N) is 1. The van der Waals surface area contributed by atoms with Gasteiger partial charge in [-0.25, -0.2) is 0 Å². The molecule has 1 fully saturated rings. The monoisotopic (exact) mass is 200 g/mol. The van der Waals surface area contributed by atoms with Crippen LogP contribution in [0.5, 0.6) is 0 Å². The Hall–Kier alpha value is -1.30. The molecule has 6 nitrogen and oxygen atoms in total. The van der Waals surface area contributed by atoms with Gasteiger partial charge in [-0.1, -0.05) is 0 Å². The van der Waals surface area contributed by atoms with Crippen LogP contribution in [0.2, 0.25) is 0 Å². The summed E-state index contributed by atoms with van der Waals surface area (Å²) < 4.78 is 0. The number of carbonyl (C=O) groups is 1. The molecule has 14 heavy (non-hydrogen) atoms. The highest BCUT2D eigenvalue weighted by Crippen LogP contribution is 2.37. The molecule has 1 aliphatic rings. The van der Waals surface area contributed by atoms with Crippen LogP contribution in [0.1, 0.15) is 19.3 Å². The number of carboxylic acids is 1. The fraction of sp³-hybridized carbons (Fsp3) is 0.750. The van der Waals surface area contributed by atoms with Gasteiger partial charge in [-0.2, -0.15) is 0 Å². The van der Waals surface area contributed by atoms with E-state index in [1.54, 1.807) is 0 Å². The Morgan fingerprint density at radius 1 is 1.50 bits per heavy atom. The molecule has 0 aliphatic heterocycles. The number of hydrogen-bond donors (Lipinski definition) is 4. The summed E-state index contributed by atoms with van der Waals surface area (Å²) in [6, 6.07) is 0. The molecule has 0 aromatic carbocycles. The van der Waals surface area contributed by atoms with Crippen molar-refractivity contribution < 1.29 is 9.90 Å². The minimum Gasteiger partial charge on any atom is -0.480 e. The maximum absolute atomic E-state index is 10.6. The Bertz CT molecular complexity index is 254. The first-order valence-electron chi connectivity index (χ1n) is 4.52. The van der Waals surface area contributed by atoms with Gasteiger partial charge in [-0.15, -0.1) is 0 Å². The molecular weight excluding hydrogens is 184 g/mol. The third-order valence-corrected chi connectivity index (χ3v) is 2.56. The molecule has 0 heterocycles. The normalized spacial score (nSPS) is 30.5. The number of aliphatic imine (C=N–C) groups is 1. The van der Waals surface area contributed by atoms with E-state index in [4.69, 9.17) is 22.3 Å². The lowest BCUT2D eigenvalue weighted by Gasteiger charge is -2.41. The van der Waals surface area contributed by atoms with Gasteiger partial charge in [0.05, 0.1) is 0 Å². The van der Waals surface area contributed by atoms with Crippen LogP contribution in [-0.4, -0.2) is 29.1 Å². The van der Waals surface area contributed by atoms with Crippen LogP contribution in [0.4, 0.5) is 0 Å². The zero-order valence-electron chi connectivity index (χ0n) is 7.94. The van der Waals surface area contributed by atoms with E-state index in [9.17, 15) is 4.79 Å². The second-order valence-electron chi connectivity index (χ2n) is 3.83. The summed E-state index contributed by atoms with van der Waals surface area (Å²) in [6.07, 6.45) is 1.83. The Labute approximate surface area is 82.2 Å². The Morgan fingerprint density at radius 3 is 2.50 bits per heavy atom. The van der Waals surface area contributed by atoms with Crippen LogP contribution in [0.25, 0.3) is 0 Å². The van der Waals surface area contributed by atoms with Crippen molar-refractivity contribution >= 4 is 11.9 Å². The molecule has 0 amide bonds. The molecule has 7 N–H and O–H groups in total. The maximum Gasteiger partial charge on any atom is 0.323 e. The van der Waals surface area contributed by atoms with Gasteiger partial charge in [0.1, 0.15) is 5.54 Å². The zero-order chi connectivity index (χ0) is 10.8.